The molecule has 1 aliphatic heterocycles. The molecule has 3 rings (SSSR count). The number of primary amides is 1. The number of nitrogens with one attached hydrogen (secondary N) is 2. The van der Waals surface area contributed by atoms with E-state index < -0.39 is 11.8 Å². The van der Waals surface area contributed by atoms with Gasteiger partial charge in [0.2, 0.25) is 5.91 Å². The average molecular weight is 384 g/mol. The fraction of sp³-hybridized carbons (Fsp3) is 0.222. The van der Waals surface area contributed by atoms with E-state index in [0.717, 1.165) is 5.56 Å². The summed E-state index contributed by atoms with van der Waals surface area (Å²) in [6.07, 6.45) is 5.35. The van der Waals surface area contributed by atoms with E-state index in [1.54, 1.807) is 24.3 Å². The maximum Gasteiger partial charge on any atom is 0.257 e. The van der Waals surface area contributed by atoms with E-state index in [-0.39, 0.29) is 30.3 Å². The first-order chi connectivity index (χ1) is 13.0. The number of nitrogens with two attached hydrogens (primary N) is 1. The summed E-state index contributed by atoms with van der Waals surface area (Å²) >= 11 is 1.21. The van der Waals surface area contributed by atoms with Crippen LogP contribution in [0.2, 0.25) is 0 Å². The quantitative estimate of drug-likeness (QED) is 0.385. The minimum atomic E-state index is -0.576. The van der Waals surface area contributed by atoms with Crippen molar-refractivity contribution in [1.82, 2.24) is 9.97 Å². The molecule has 1 aliphatic rings. The number of carbonyl (C=O) groups excluding carboxylic acids is 2. The minimum Gasteiger partial charge on any atom is -0.484 e. The van der Waals surface area contributed by atoms with Crippen molar-refractivity contribution in [3.63, 3.8) is 0 Å². The van der Waals surface area contributed by atoms with Gasteiger partial charge in [-0.1, -0.05) is 29.8 Å². The summed E-state index contributed by atoms with van der Waals surface area (Å²) in [6, 6.07) is 6.79. The molecule has 1 aromatic carbocycles. The highest BCUT2D eigenvalue weighted by Gasteiger charge is 2.30. The van der Waals surface area contributed by atoms with E-state index >= 15 is 0 Å². The minimum absolute atomic E-state index is 0.121. The average Bonchev–Trinajstić information content (AvgIpc) is 2.64. The molecule has 2 aromatic rings. The number of carbonyl (C=O) groups is 2. The fourth-order valence-corrected chi connectivity index (χ4v) is 3.31. The predicted octanol–water partition coefficient (Wildman–Crippen LogP) is 0.833. The van der Waals surface area contributed by atoms with Gasteiger partial charge in [0.05, 0.1) is 11.3 Å². The van der Waals surface area contributed by atoms with Gasteiger partial charge in [-0.2, -0.15) is 0 Å². The van der Waals surface area contributed by atoms with Gasteiger partial charge in [-0.15, -0.1) is 6.42 Å². The normalized spacial score (nSPS) is 15.4. The predicted molar refractivity (Wildman–Crippen MR) is 101 cm³/mol. The second-order valence-corrected chi connectivity index (χ2v) is 6.72. The van der Waals surface area contributed by atoms with E-state index in [4.69, 9.17) is 16.9 Å². The Labute approximate surface area is 158 Å². The zero-order chi connectivity index (χ0) is 19.4. The first-order valence-electron chi connectivity index (χ1n) is 7.99. The van der Waals surface area contributed by atoms with Gasteiger partial charge < -0.3 is 20.8 Å². The highest BCUT2D eigenvalue weighted by atomic mass is 32.2. The van der Waals surface area contributed by atoms with Crippen LogP contribution in [0, 0.1) is 12.3 Å². The molecular formula is C18H16N4O4S. The van der Waals surface area contributed by atoms with Gasteiger partial charge >= 0.3 is 0 Å². The van der Waals surface area contributed by atoms with Crippen molar-refractivity contribution >= 4 is 29.4 Å². The third-order valence-electron chi connectivity index (χ3n) is 3.89. The van der Waals surface area contributed by atoms with Crippen LogP contribution in [0.3, 0.4) is 0 Å². The number of terminal acetylenes is 1. The second kappa shape index (κ2) is 7.97. The van der Waals surface area contributed by atoms with Crippen molar-refractivity contribution in [1.29, 1.82) is 0 Å². The molecule has 0 fully saturated rings. The summed E-state index contributed by atoms with van der Waals surface area (Å²) in [7, 11) is 0. The number of ether oxygens (including phenoxy) is 1. The van der Waals surface area contributed by atoms with Crippen molar-refractivity contribution in [2.75, 3.05) is 17.7 Å². The number of aromatic amines is 1. The summed E-state index contributed by atoms with van der Waals surface area (Å²) in [4.78, 5) is 42.5. The molecule has 1 atom stereocenters. The Kier molecular flexibility index (Phi) is 5.47. The van der Waals surface area contributed by atoms with Crippen molar-refractivity contribution < 1.29 is 14.3 Å². The number of hydrogen-bond donors (Lipinski definition) is 3. The molecule has 0 aliphatic carbocycles. The van der Waals surface area contributed by atoms with E-state index in [1.807, 2.05) is 0 Å². The van der Waals surface area contributed by atoms with Crippen LogP contribution in [0.5, 0.6) is 5.75 Å². The lowest BCUT2D eigenvalue weighted by Gasteiger charge is -2.24. The van der Waals surface area contributed by atoms with Crippen molar-refractivity contribution in [3.8, 4) is 18.1 Å². The van der Waals surface area contributed by atoms with E-state index in [0.29, 0.717) is 22.2 Å². The molecule has 0 spiro atoms. The van der Waals surface area contributed by atoms with Crippen LogP contribution in [0.15, 0.2) is 34.2 Å². The van der Waals surface area contributed by atoms with Crippen LogP contribution in [0.1, 0.15) is 23.5 Å². The van der Waals surface area contributed by atoms with Gasteiger partial charge in [0.15, 0.2) is 11.8 Å². The number of fused-ring (bicyclic) bond motifs is 1. The van der Waals surface area contributed by atoms with Gasteiger partial charge in [-0.25, -0.2) is 4.98 Å². The molecule has 8 nitrogen and oxygen atoms in total. The smallest absolute Gasteiger partial charge is 0.257 e. The summed E-state index contributed by atoms with van der Waals surface area (Å²) < 4.78 is 5.22. The molecule has 4 N–H and O–H groups in total. The van der Waals surface area contributed by atoms with Crippen LogP contribution in [0.25, 0.3) is 0 Å². The molecule has 1 aromatic heterocycles. The Balaban J connectivity index is 1.92. The maximum atomic E-state index is 12.6. The molecule has 138 valence electrons. The van der Waals surface area contributed by atoms with E-state index in [2.05, 4.69) is 21.2 Å². The molecule has 0 radical (unpaired) electrons. The van der Waals surface area contributed by atoms with Crippen LogP contribution < -0.4 is 21.3 Å². The molecule has 1 unspecified atom stereocenters. The Morgan fingerprint density at radius 1 is 1.37 bits per heavy atom. The number of nitrogens with zero attached hydrogens (tertiary/aromatic N) is 1. The molecular weight excluding hydrogens is 368 g/mol. The van der Waals surface area contributed by atoms with Crippen LogP contribution >= 0.6 is 11.8 Å². The molecule has 9 heteroatoms. The molecule has 0 saturated heterocycles. The lowest BCUT2D eigenvalue weighted by atomic mass is 9.87. The van der Waals surface area contributed by atoms with Gasteiger partial charge in [-0.05, 0) is 17.7 Å². The third-order valence-corrected chi connectivity index (χ3v) is 4.66. The van der Waals surface area contributed by atoms with Crippen molar-refractivity contribution in [2.45, 2.75) is 17.5 Å². The molecule has 2 amide bonds. The summed E-state index contributed by atoms with van der Waals surface area (Å²) in [5.41, 5.74) is 5.88. The first-order valence-corrected chi connectivity index (χ1v) is 8.98. The highest BCUT2D eigenvalue weighted by molar-refractivity contribution is 7.99. The lowest BCUT2D eigenvalue weighted by Crippen LogP contribution is -2.31. The molecule has 0 bridgehead atoms. The van der Waals surface area contributed by atoms with Gasteiger partial charge in [-0.3, -0.25) is 14.4 Å². The lowest BCUT2D eigenvalue weighted by molar-refractivity contribution is -0.120. The molecule has 27 heavy (non-hydrogen) atoms. The van der Waals surface area contributed by atoms with Crippen molar-refractivity contribution in [2.24, 2.45) is 5.73 Å². The zero-order valence-electron chi connectivity index (χ0n) is 14.2. The van der Waals surface area contributed by atoms with Crippen molar-refractivity contribution in [3.05, 3.63) is 45.7 Å². The Hall–Kier alpha value is -3.25. The molecule has 0 saturated carbocycles. The largest absolute Gasteiger partial charge is 0.484 e. The zero-order valence-corrected chi connectivity index (χ0v) is 15.0. The maximum absolute atomic E-state index is 12.6. The molecule has 2 heterocycles. The van der Waals surface area contributed by atoms with E-state index in [1.165, 1.54) is 11.8 Å². The number of amides is 2. The monoisotopic (exact) mass is 384 g/mol. The summed E-state index contributed by atoms with van der Waals surface area (Å²) in [6.45, 7) is -0.226. The topological polar surface area (TPSA) is 127 Å². The Morgan fingerprint density at radius 2 is 2.11 bits per heavy atom. The number of aromatic nitrogens is 2. The summed E-state index contributed by atoms with van der Waals surface area (Å²) in [5, 5.41) is 3.00. The second-order valence-electron chi connectivity index (χ2n) is 5.76. The number of H-pyrrole nitrogens is 1. The first kappa shape index (κ1) is 18.5. The van der Waals surface area contributed by atoms with Crippen LogP contribution in [0.4, 0.5) is 5.82 Å². The van der Waals surface area contributed by atoms with Crippen LogP contribution in [-0.4, -0.2) is 34.1 Å². The van der Waals surface area contributed by atoms with Gasteiger partial charge in [0.25, 0.3) is 11.5 Å². The third kappa shape index (κ3) is 4.30. The van der Waals surface area contributed by atoms with E-state index in [9.17, 15) is 14.4 Å². The van der Waals surface area contributed by atoms with Crippen LogP contribution in [-0.2, 0) is 9.59 Å². The Bertz CT molecular complexity index is 978. The number of anilines is 1. The van der Waals surface area contributed by atoms with Gasteiger partial charge in [0.1, 0.15) is 11.6 Å². The number of hydrogen-bond acceptors (Lipinski definition) is 6. The van der Waals surface area contributed by atoms with Gasteiger partial charge in [0, 0.05) is 12.3 Å². The fourth-order valence-electron chi connectivity index (χ4n) is 2.76. The standard InChI is InChI=1S/C18H16N4O4S/c1-2-7-27-18-21-16-15(17(25)22-18)12(8-14(24)20-16)10-3-5-11(6-4-10)26-9-13(19)23/h1,3-6,12H,7-9H2,(H2,19,23)(H2,20,21,22,24,25). The number of rotatable bonds is 6. The summed E-state index contributed by atoms with van der Waals surface area (Å²) in [5.74, 6) is 2.27. The SMILES string of the molecule is C#CCSc1nc2c(c(=O)[nH]1)C(c1ccc(OCC(N)=O)cc1)CC(=O)N2. The highest BCUT2D eigenvalue weighted by Crippen LogP contribution is 2.35. The number of benzene rings is 1. The Morgan fingerprint density at radius 3 is 2.78 bits per heavy atom. The number of thioether (sulfide) groups is 1.